The normalized spacial score (nSPS) is 28.6. The number of nitrogens with one attached hydrogen (secondary N) is 1. The number of benzene rings is 1. The number of fused-ring (bicyclic) bond motifs is 1. The monoisotopic (exact) mass is 283 g/mol. The zero-order valence-electron chi connectivity index (χ0n) is 8.91. The van der Waals surface area contributed by atoms with Crippen LogP contribution in [0.4, 0.5) is 0 Å². The van der Waals surface area contributed by atoms with Crippen LogP contribution in [0.5, 0.6) is 5.75 Å². The van der Waals surface area contributed by atoms with Crippen LogP contribution in [0.1, 0.15) is 12.0 Å². The lowest BCUT2D eigenvalue weighted by atomic mass is 10.1. The van der Waals surface area contributed by atoms with E-state index in [9.17, 15) is 0 Å². The minimum Gasteiger partial charge on any atom is -0.464 e. The highest BCUT2D eigenvalue weighted by atomic mass is 79.9. The first-order valence-corrected chi connectivity index (χ1v) is 6.39. The summed E-state index contributed by atoms with van der Waals surface area (Å²) in [5, 5.41) is 3.34. The Balaban J connectivity index is 1.78. The van der Waals surface area contributed by atoms with Gasteiger partial charge in [-0.2, -0.15) is 0 Å². The van der Waals surface area contributed by atoms with E-state index in [1.54, 1.807) is 0 Å². The molecule has 2 aliphatic rings. The van der Waals surface area contributed by atoms with Crippen molar-refractivity contribution in [1.29, 1.82) is 0 Å². The molecular formula is C12H14BrNO2. The van der Waals surface area contributed by atoms with Crippen molar-refractivity contribution in [1.82, 2.24) is 5.32 Å². The van der Waals surface area contributed by atoms with Gasteiger partial charge in [0.15, 0.2) is 0 Å². The molecule has 0 saturated carbocycles. The molecule has 0 spiro atoms. The van der Waals surface area contributed by atoms with Crippen LogP contribution in [0.2, 0.25) is 0 Å². The fraction of sp³-hybridized carbons (Fsp3) is 0.500. The van der Waals surface area contributed by atoms with E-state index in [0.29, 0.717) is 12.5 Å². The van der Waals surface area contributed by atoms with E-state index in [1.165, 1.54) is 0 Å². The molecule has 3 nitrogen and oxygen atoms in total. The van der Waals surface area contributed by atoms with Crippen LogP contribution >= 0.6 is 15.9 Å². The molecule has 0 bridgehead atoms. The zero-order valence-corrected chi connectivity index (χ0v) is 10.5. The molecule has 2 unspecified atom stereocenters. The largest absolute Gasteiger partial charge is 0.464 e. The molecule has 2 heterocycles. The lowest BCUT2D eigenvalue weighted by molar-refractivity contribution is -0.136. The van der Waals surface area contributed by atoms with Crippen LogP contribution in [0.25, 0.3) is 0 Å². The van der Waals surface area contributed by atoms with Crippen molar-refractivity contribution >= 4 is 15.9 Å². The van der Waals surface area contributed by atoms with Crippen molar-refractivity contribution in [2.24, 2.45) is 5.92 Å². The van der Waals surface area contributed by atoms with E-state index in [1.807, 2.05) is 12.1 Å². The molecule has 1 fully saturated rings. The average molecular weight is 284 g/mol. The summed E-state index contributed by atoms with van der Waals surface area (Å²) in [7, 11) is 0. The Hall–Kier alpha value is -0.580. The Bertz CT molecular complexity index is 391. The van der Waals surface area contributed by atoms with E-state index in [-0.39, 0.29) is 6.29 Å². The van der Waals surface area contributed by atoms with E-state index in [2.05, 4.69) is 27.3 Å². The summed E-state index contributed by atoms with van der Waals surface area (Å²) in [5.41, 5.74) is 1.12. The minimum absolute atomic E-state index is 0.0799. The van der Waals surface area contributed by atoms with Crippen LogP contribution in [0.3, 0.4) is 0 Å². The molecule has 1 N–H and O–H groups in total. The van der Waals surface area contributed by atoms with Gasteiger partial charge in [0.1, 0.15) is 5.75 Å². The average Bonchev–Trinajstić information content (AvgIpc) is 2.82. The summed E-state index contributed by atoms with van der Waals surface area (Å²) in [5.74, 6) is 1.45. The van der Waals surface area contributed by atoms with Gasteiger partial charge in [0.25, 0.3) is 0 Å². The second kappa shape index (κ2) is 4.35. The van der Waals surface area contributed by atoms with Crippen LogP contribution in [-0.2, 0) is 11.3 Å². The highest BCUT2D eigenvalue weighted by Gasteiger charge is 2.30. The molecule has 86 valence electrons. The molecule has 1 saturated heterocycles. The van der Waals surface area contributed by atoms with Crippen LogP contribution in [0, 0.1) is 5.92 Å². The number of halogens is 1. The Kier molecular flexibility index (Phi) is 2.88. The van der Waals surface area contributed by atoms with Gasteiger partial charge < -0.3 is 14.8 Å². The molecule has 0 aromatic heterocycles. The van der Waals surface area contributed by atoms with Gasteiger partial charge in [0.05, 0.1) is 6.61 Å². The van der Waals surface area contributed by atoms with Crippen molar-refractivity contribution in [3.63, 3.8) is 0 Å². The Morgan fingerprint density at radius 1 is 1.38 bits per heavy atom. The lowest BCUT2D eigenvalue weighted by Crippen LogP contribution is -2.34. The smallest absolute Gasteiger partial charge is 0.204 e. The third-order valence-corrected chi connectivity index (χ3v) is 3.65. The quantitative estimate of drug-likeness (QED) is 0.858. The second-order valence-corrected chi connectivity index (χ2v) is 5.22. The first kappa shape index (κ1) is 10.6. The first-order valence-electron chi connectivity index (χ1n) is 5.60. The fourth-order valence-electron chi connectivity index (χ4n) is 2.25. The standard InChI is InChI=1S/C12H14BrNO2/c13-10-1-2-11-9(5-10)7-15-12(16-11)8-3-4-14-6-8/h1-2,5,8,12,14H,3-4,6-7H2. The number of hydrogen-bond acceptors (Lipinski definition) is 3. The molecule has 0 radical (unpaired) electrons. The maximum atomic E-state index is 5.89. The highest BCUT2D eigenvalue weighted by molar-refractivity contribution is 9.10. The zero-order chi connectivity index (χ0) is 11.0. The molecule has 16 heavy (non-hydrogen) atoms. The van der Waals surface area contributed by atoms with E-state index in [4.69, 9.17) is 9.47 Å². The summed E-state index contributed by atoms with van der Waals surface area (Å²) in [6.45, 7) is 2.72. The minimum atomic E-state index is -0.0799. The highest BCUT2D eigenvalue weighted by Crippen LogP contribution is 2.32. The van der Waals surface area contributed by atoms with Crippen LogP contribution in [0.15, 0.2) is 22.7 Å². The maximum absolute atomic E-state index is 5.89. The van der Waals surface area contributed by atoms with Gasteiger partial charge in [-0.15, -0.1) is 0 Å². The summed E-state index contributed by atoms with van der Waals surface area (Å²) < 4.78 is 12.7. The van der Waals surface area contributed by atoms with Gasteiger partial charge in [0.2, 0.25) is 6.29 Å². The first-order chi connectivity index (χ1) is 7.83. The number of hydrogen-bond donors (Lipinski definition) is 1. The van der Waals surface area contributed by atoms with Gasteiger partial charge in [-0.25, -0.2) is 0 Å². The molecule has 0 aliphatic carbocycles. The molecule has 1 aromatic carbocycles. The molecular weight excluding hydrogens is 270 g/mol. The Morgan fingerprint density at radius 2 is 2.31 bits per heavy atom. The van der Waals surface area contributed by atoms with Crippen LogP contribution in [-0.4, -0.2) is 19.4 Å². The van der Waals surface area contributed by atoms with E-state index < -0.39 is 0 Å². The van der Waals surface area contributed by atoms with Gasteiger partial charge in [-0.3, -0.25) is 0 Å². The molecule has 2 aliphatic heterocycles. The molecule has 4 heteroatoms. The predicted molar refractivity (Wildman–Crippen MR) is 64.3 cm³/mol. The van der Waals surface area contributed by atoms with Gasteiger partial charge in [-0.1, -0.05) is 15.9 Å². The third kappa shape index (κ3) is 1.97. The van der Waals surface area contributed by atoms with Crippen molar-refractivity contribution in [3.05, 3.63) is 28.2 Å². The molecule has 3 rings (SSSR count). The van der Waals surface area contributed by atoms with Gasteiger partial charge >= 0.3 is 0 Å². The lowest BCUT2D eigenvalue weighted by Gasteiger charge is -2.30. The predicted octanol–water partition coefficient (Wildman–Crippen LogP) is 2.29. The SMILES string of the molecule is Brc1ccc2c(c1)COC(C1CCNC1)O2. The van der Waals surface area contributed by atoms with Gasteiger partial charge in [0, 0.05) is 22.5 Å². The van der Waals surface area contributed by atoms with E-state index >= 15 is 0 Å². The third-order valence-electron chi connectivity index (χ3n) is 3.15. The number of rotatable bonds is 1. The molecule has 0 amide bonds. The fourth-order valence-corrected chi connectivity index (χ4v) is 2.66. The topological polar surface area (TPSA) is 30.5 Å². The summed E-state index contributed by atoms with van der Waals surface area (Å²) in [4.78, 5) is 0. The number of ether oxygens (including phenoxy) is 2. The maximum Gasteiger partial charge on any atom is 0.204 e. The van der Waals surface area contributed by atoms with Crippen molar-refractivity contribution in [3.8, 4) is 5.75 Å². The van der Waals surface area contributed by atoms with Crippen LogP contribution < -0.4 is 10.1 Å². The Labute approximate surface area is 103 Å². The van der Waals surface area contributed by atoms with Crippen molar-refractivity contribution in [2.45, 2.75) is 19.3 Å². The Morgan fingerprint density at radius 3 is 3.12 bits per heavy atom. The molecule has 2 atom stereocenters. The van der Waals surface area contributed by atoms with E-state index in [0.717, 1.165) is 35.3 Å². The van der Waals surface area contributed by atoms with Crippen molar-refractivity contribution < 1.29 is 9.47 Å². The second-order valence-electron chi connectivity index (χ2n) is 4.30. The van der Waals surface area contributed by atoms with Gasteiger partial charge in [-0.05, 0) is 31.2 Å². The molecule has 1 aromatic rings. The van der Waals surface area contributed by atoms with Crippen molar-refractivity contribution in [2.75, 3.05) is 13.1 Å². The summed E-state index contributed by atoms with van der Waals surface area (Å²) in [6.07, 6.45) is 1.06. The summed E-state index contributed by atoms with van der Waals surface area (Å²) >= 11 is 3.45. The summed E-state index contributed by atoms with van der Waals surface area (Å²) in [6, 6.07) is 6.07.